The number of tetrazole rings is 1. The molecule has 4 atom stereocenters. The number of benzene rings is 1. The molecule has 30 heavy (non-hydrogen) atoms. The van der Waals surface area contributed by atoms with Crippen LogP contribution >= 0.6 is 0 Å². The second-order valence-corrected chi connectivity index (χ2v) is 7.99. The van der Waals surface area contributed by atoms with Crippen LogP contribution < -0.4 is 10.2 Å². The number of nitrogens with one attached hydrogen (secondary N) is 1. The van der Waals surface area contributed by atoms with Crippen LogP contribution in [0.4, 0.5) is 10.2 Å². The summed E-state index contributed by atoms with van der Waals surface area (Å²) in [7, 11) is 1.87. The lowest BCUT2D eigenvalue weighted by atomic mass is 9.96. The second-order valence-electron chi connectivity index (χ2n) is 7.99. The minimum absolute atomic E-state index is 0.0385. The summed E-state index contributed by atoms with van der Waals surface area (Å²) in [6.45, 7) is 1.74. The summed E-state index contributed by atoms with van der Waals surface area (Å²) >= 11 is 0. The maximum atomic E-state index is 14.8. The predicted octanol–water partition coefficient (Wildman–Crippen LogP) is 1.80. The molecule has 2 N–H and O–H groups in total. The number of aromatic hydroxyl groups is 1. The third kappa shape index (κ3) is 3.26. The molecule has 2 fully saturated rings. The lowest BCUT2D eigenvalue weighted by molar-refractivity contribution is 0.176. The Labute approximate surface area is 173 Å². The Kier molecular flexibility index (Phi) is 4.58. The van der Waals surface area contributed by atoms with Crippen molar-refractivity contribution in [1.29, 1.82) is 0 Å². The topological polar surface area (TPSA) is 105 Å². The Hall–Kier alpha value is -3.14. The second kappa shape index (κ2) is 7.28. The highest BCUT2D eigenvalue weighted by Gasteiger charge is 2.43. The highest BCUT2D eigenvalue weighted by atomic mass is 19.1. The van der Waals surface area contributed by atoms with E-state index in [1.165, 1.54) is 4.80 Å². The zero-order valence-corrected chi connectivity index (χ0v) is 16.8. The number of aromatic nitrogens is 6. The van der Waals surface area contributed by atoms with Crippen molar-refractivity contribution in [2.24, 2.45) is 0 Å². The fourth-order valence-electron chi connectivity index (χ4n) is 4.42. The number of phenolic OH excluding ortho intramolecular Hbond substituents is 1. The molecule has 5 rings (SSSR count). The van der Waals surface area contributed by atoms with Crippen molar-refractivity contribution < 1.29 is 9.50 Å². The van der Waals surface area contributed by atoms with Gasteiger partial charge in [0.05, 0.1) is 29.8 Å². The molecule has 156 valence electrons. The lowest BCUT2D eigenvalue weighted by Gasteiger charge is -2.38. The van der Waals surface area contributed by atoms with Crippen LogP contribution in [0.5, 0.6) is 5.75 Å². The standard InChI is InChI=1S/C20H23FN8O/c1-11-25-27-29(26-11)13-4-5-14(18(30)8-13)16-9-23-19(10-22-16)28(2)17-7-12-3-6-15(24-12)20(17)21/h4-5,8-10,12,15,17,20,24,30H,3,6-7H2,1-2H3/t12-,15+,17-,20-/m1/s1. The van der Waals surface area contributed by atoms with Crippen molar-refractivity contribution in [1.82, 2.24) is 35.5 Å². The molecule has 2 saturated heterocycles. The van der Waals surface area contributed by atoms with E-state index in [0.29, 0.717) is 34.6 Å². The van der Waals surface area contributed by atoms with Gasteiger partial charge in [-0.25, -0.2) is 9.37 Å². The first kappa shape index (κ1) is 18.9. The van der Waals surface area contributed by atoms with E-state index < -0.39 is 6.17 Å². The van der Waals surface area contributed by atoms with Crippen LogP contribution in [0.2, 0.25) is 0 Å². The van der Waals surface area contributed by atoms with Crippen molar-refractivity contribution >= 4 is 5.82 Å². The van der Waals surface area contributed by atoms with Gasteiger partial charge in [0.25, 0.3) is 0 Å². The van der Waals surface area contributed by atoms with Gasteiger partial charge in [0.1, 0.15) is 17.7 Å². The van der Waals surface area contributed by atoms with Gasteiger partial charge in [-0.1, -0.05) is 0 Å². The van der Waals surface area contributed by atoms with E-state index in [9.17, 15) is 9.50 Å². The summed E-state index contributed by atoms with van der Waals surface area (Å²) in [6.07, 6.45) is 4.97. The Morgan fingerprint density at radius 1 is 1.23 bits per heavy atom. The van der Waals surface area contributed by atoms with Gasteiger partial charge in [-0.3, -0.25) is 4.98 Å². The van der Waals surface area contributed by atoms with Crippen molar-refractivity contribution in [2.45, 2.75) is 50.5 Å². The molecular weight excluding hydrogens is 387 g/mol. The van der Waals surface area contributed by atoms with E-state index in [-0.39, 0.29) is 17.8 Å². The van der Waals surface area contributed by atoms with Crippen LogP contribution in [-0.2, 0) is 0 Å². The fraction of sp³-hybridized carbons (Fsp3) is 0.450. The smallest absolute Gasteiger partial charge is 0.172 e. The van der Waals surface area contributed by atoms with Gasteiger partial charge in [0.2, 0.25) is 0 Å². The number of fused-ring (bicyclic) bond motifs is 2. The largest absolute Gasteiger partial charge is 0.507 e. The Morgan fingerprint density at radius 2 is 2.10 bits per heavy atom. The Bertz CT molecular complexity index is 1060. The average Bonchev–Trinajstić information content (AvgIpc) is 3.37. The van der Waals surface area contributed by atoms with Crippen molar-refractivity contribution in [2.75, 3.05) is 11.9 Å². The molecule has 0 spiro atoms. The molecule has 0 amide bonds. The van der Waals surface area contributed by atoms with Crippen LogP contribution in [0.1, 0.15) is 25.1 Å². The maximum Gasteiger partial charge on any atom is 0.172 e. The molecule has 2 aliphatic heterocycles. The Balaban J connectivity index is 1.36. The fourth-order valence-corrected chi connectivity index (χ4v) is 4.42. The highest BCUT2D eigenvalue weighted by molar-refractivity contribution is 5.68. The van der Waals surface area contributed by atoms with Gasteiger partial charge in [-0.15, -0.1) is 15.0 Å². The van der Waals surface area contributed by atoms with Gasteiger partial charge in [0, 0.05) is 30.8 Å². The zero-order chi connectivity index (χ0) is 20.8. The zero-order valence-electron chi connectivity index (χ0n) is 16.8. The SMILES string of the molecule is Cc1nnn(-c2ccc(-c3cnc(N(C)[C@@H]4C[C@H]5CC[C@H](N5)[C@H]4F)cn3)c(O)c2)n1. The highest BCUT2D eigenvalue weighted by Crippen LogP contribution is 2.34. The van der Waals surface area contributed by atoms with Crippen LogP contribution in [0.25, 0.3) is 16.9 Å². The van der Waals surface area contributed by atoms with Crippen LogP contribution in [0, 0.1) is 6.92 Å². The first-order valence-electron chi connectivity index (χ1n) is 10.0. The van der Waals surface area contributed by atoms with E-state index in [1.807, 2.05) is 11.9 Å². The summed E-state index contributed by atoms with van der Waals surface area (Å²) in [5.74, 6) is 1.20. The molecule has 0 radical (unpaired) electrons. The molecule has 3 aromatic rings. The monoisotopic (exact) mass is 410 g/mol. The predicted molar refractivity (Wildman–Crippen MR) is 108 cm³/mol. The van der Waals surface area contributed by atoms with Gasteiger partial charge in [-0.05, 0) is 43.5 Å². The lowest BCUT2D eigenvalue weighted by Crippen LogP contribution is -2.55. The van der Waals surface area contributed by atoms with Gasteiger partial charge in [0.15, 0.2) is 5.82 Å². The molecule has 0 aliphatic carbocycles. The van der Waals surface area contributed by atoms with Gasteiger partial charge in [-0.2, -0.15) is 0 Å². The van der Waals surface area contributed by atoms with E-state index in [4.69, 9.17) is 0 Å². The summed E-state index contributed by atoms with van der Waals surface area (Å²) in [5, 5.41) is 25.7. The minimum atomic E-state index is -0.930. The third-order valence-electron chi connectivity index (χ3n) is 6.05. The summed E-state index contributed by atoms with van der Waals surface area (Å²) < 4.78 is 14.8. The number of anilines is 1. The third-order valence-corrected chi connectivity index (χ3v) is 6.05. The molecule has 2 bridgehead atoms. The average molecular weight is 410 g/mol. The number of halogens is 1. The summed E-state index contributed by atoms with van der Waals surface area (Å²) in [4.78, 5) is 12.2. The quantitative estimate of drug-likeness (QED) is 0.671. The molecule has 10 heteroatoms. The maximum absolute atomic E-state index is 14.8. The Morgan fingerprint density at radius 3 is 2.80 bits per heavy atom. The van der Waals surface area contributed by atoms with E-state index in [0.717, 1.165) is 19.3 Å². The number of alkyl halides is 1. The molecule has 4 heterocycles. The first-order valence-corrected chi connectivity index (χ1v) is 10.0. The number of phenols is 1. The molecule has 0 saturated carbocycles. The van der Waals surface area contributed by atoms with E-state index in [2.05, 4.69) is 30.7 Å². The van der Waals surface area contributed by atoms with E-state index in [1.54, 1.807) is 37.5 Å². The molecule has 1 aromatic carbocycles. The van der Waals surface area contributed by atoms with Crippen molar-refractivity contribution in [3.63, 3.8) is 0 Å². The van der Waals surface area contributed by atoms with Crippen LogP contribution in [0.3, 0.4) is 0 Å². The number of aryl methyl sites for hydroxylation is 1. The van der Waals surface area contributed by atoms with Crippen molar-refractivity contribution in [3.8, 4) is 22.7 Å². The van der Waals surface area contributed by atoms with Gasteiger partial charge < -0.3 is 15.3 Å². The summed E-state index contributed by atoms with van der Waals surface area (Å²) in [6, 6.07) is 5.16. The van der Waals surface area contributed by atoms with Crippen LogP contribution in [0.15, 0.2) is 30.6 Å². The normalized spacial score (nSPS) is 25.4. The van der Waals surface area contributed by atoms with Crippen LogP contribution in [-0.4, -0.2) is 66.6 Å². The first-order chi connectivity index (χ1) is 14.5. The molecular formula is C20H23FN8O. The number of hydrogen-bond acceptors (Lipinski definition) is 8. The summed E-state index contributed by atoms with van der Waals surface area (Å²) in [5.41, 5.74) is 1.66. The number of nitrogens with zero attached hydrogens (tertiary/aromatic N) is 7. The van der Waals surface area contributed by atoms with E-state index >= 15 is 0 Å². The number of rotatable bonds is 4. The minimum Gasteiger partial charge on any atom is -0.507 e. The number of hydrogen-bond donors (Lipinski definition) is 2. The molecule has 2 aromatic heterocycles. The molecule has 9 nitrogen and oxygen atoms in total. The molecule has 2 aliphatic rings. The van der Waals surface area contributed by atoms with Gasteiger partial charge >= 0.3 is 0 Å². The van der Waals surface area contributed by atoms with Crippen molar-refractivity contribution in [3.05, 3.63) is 36.4 Å². The molecule has 0 unspecified atom stereocenters. The number of piperidine rings is 1.